The molecule has 1 aromatic heterocycles. The zero-order chi connectivity index (χ0) is 20.4. The molecule has 0 saturated heterocycles. The molecule has 0 spiro atoms. The number of amides is 1. The van der Waals surface area contributed by atoms with Crippen molar-refractivity contribution >= 4 is 18.0 Å². The summed E-state index contributed by atoms with van der Waals surface area (Å²) in [5, 5.41) is 11.7. The Labute approximate surface area is 166 Å². The van der Waals surface area contributed by atoms with Crippen molar-refractivity contribution < 1.29 is 19.1 Å². The Bertz CT molecular complexity index is 806. The second-order valence-corrected chi connectivity index (χ2v) is 7.04. The van der Waals surface area contributed by atoms with Crippen LogP contribution in [0.3, 0.4) is 0 Å². The van der Waals surface area contributed by atoms with E-state index in [-0.39, 0.29) is 11.8 Å². The summed E-state index contributed by atoms with van der Waals surface area (Å²) in [6.07, 6.45) is 8.07. The number of carboxylic acids is 1. The average Bonchev–Trinajstić information content (AvgIpc) is 3.17. The Morgan fingerprint density at radius 1 is 1.18 bits per heavy atom. The van der Waals surface area contributed by atoms with Crippen molar-refractivity contribution in [2.45, 2.75) is 52.5 Å². The largest absolute Gasteiger partial charge is 0.478 e. The van der Waals surface area contributed by atoms with Crippen molar-refractivity contribution in [3.05, 3.63) is 53.8 Å². The van der Waals surface area contributed by atoms with Crippen LogP contribution in [-0.2, 0) is 16.1 Å². The first-order valence-electron chi connectivity index (χ1n) is 9.87. The van der Waals surface area contributed by atoms with Crippen molar-refractivity contribution in [3.8, 4) is 11.3 Å². The van der Waals surface area contributed by atoms with E-state index < -0.39 is 5.97 Å². The number of carbonyl (C=O) groups excluding carboxylic acids is 1. The molecule has 1 heterocycles. The highest BCUT2D eigenvalue weighted by Gasteiger charge is 2.12. The molecular formula is C23H29NO4. The summed E-state index contributed by atoms with van der Waals surface area (Å²) in [6, 6.07) is 11.3. The summed E-state index contributed by atoms with van der Waals surface area (Å²) in [6.45, 7) is 4.63. The first kappa shape index (κ1) is 21.5. The highest BCUT2D eigenvalue weighted by Crippen LogP contribution is 2.24. The van der Waals surface area contributed by atoms with Crippen molar-refractivity contribution in [2.75, 3.05) is 0 Å². The molecule has 2 rings (SSSR count). The van der Waals surface area contributed by atoms with E-state index >= 15 is 0 Å². The van der Waals surface area contributed by atoms with Gasteiger partial charge in [-0.3, -0.25) is 4.79 Å². The van der Waals surface area contributed by atoms with Crippen LogP contribution < -0.4 is 5.32 Å². The average molecular weight is 383 g/mol. The molecule has 0 bridgehead atoms. The van der Waals surface area contributed by atoms with Gasteiger partial charge in [0.1, 0.15) is 11.5 Å². The molecule has 2 aromatic rings. The van der Waals surface area contributed by atoms with E-state index in [2.05, 4.69) is 12.2 Å². The lowest BCUT2D eigenvalue weighted by Gasteiger charge is -2.12. The van der Waals surface area contributed by atoms with Gasteiger partial charge in [-0.05, 0) is 36.3 Å². The van der Waals surface area contributed by atoms with Crippen LogP contribution in [0.5, 0.6) is 0 Å². The van der Waals surface area contributed by atoms with E-state index in [9.17, 15) is 9.59 Å². The van der Waals surface area contributed by atoms with Gasteiger partial charge in [-0.2, -0.15) is 0 Å². The number of rotatable bonds is 11. The number of carboxylic acid groups (broad SMARTS) is 1. The number of unbranched alkanes of at least 4 members (excludes halogenated alkanes) is 3. The fourth-order valence-corrected chi connectivity index (χ4v) is 2.96. The lowest BCUT2D eigenvalue weighted by atomic mass is 10.0. The summed E-state index contributed by atoms with van der Waals surface area (Å²) >= 11 is 0. The maximum absolute atomic E-state index is 12.3. The lowest BCUT2D eigenvalue weighted by molar-refractivity contribution is -0.131. The number of benzene rings is 1. The zero-order valence-electron chi connectivity index (χ0n) is 16.6. The Morgan fingerprint density at radius 3 is 2.75 bits per heavy atom. The number of hydrogen-bond donors (Lipinski definition) is 2. The van der Waals surface area contributed by atoms with Gasteiger partial charge in [0.2, 0.25) is 5.91 Å². The molecule has 2 N–H and O–H groups in total. The van der Waals surface area contributed by atoms with E-state index in [1.807, 2.05) is 31.2 Å². The minimum Gasteiger partial charge on any atom is -0.478 e. The van der Waals surface area contributed by atoms with Crippen molar-refractivity contribution in [1.82, 2.24) is 5.32 Å². The van der Waals surface area contributed by atoms with Gasteiger partial charge in [-0.15, -0.1) is 0 Å². The monoisotopic (exact) mass is 383 g/mol. The molecule has 0 aliphatic heterocycles. The fourth-order valence-electron chi connectivity index (χ4n) is 2.96. The Kier molecular flexibility index (Phi) is 8.53. The summed E-state index contributed by atoms with van der Waals surface area (Å²) in [5.41, 5.74) is 1.87. The van der Waals surface area contributed by atoms with E-state index in [4.69, 9.17) is 9.52 Å². The zero-order valence-corrected chi connectivity index (χ0v) is 16.6. The Morgan fingerprint density at radius 2 is 2.00 bits per heavy atom. The Balaban J connectivity index is 1.91. The SMILES string of the molecule is CCCCCCC(C)C(=O)NCc1cccc(-c2ccc(C=CC(=O)O)o2)c1. The third-order valence-electron chi connectivity index (χ3n) is 4.63. The normalized spacial score (nSPS) is 12.2. The molecule has 5 nitrogen and oxygen atoms in total. The molecule has 1 amide bonds. The van der Waals surface area contributed by atoms with Crippen molar-refractivity contribution in [2.24, 2.45) is 5.92 Å². The summed E-state index contributed by atoms with van der Waals surface area (Å²) in [5.74, 6) is 0.223. The summed E-state index contributed by atoms with van der Waals surface area (Å²) in [7, 11) is 0. The topological polar surface area (TPSA) is 79.5 Å². The molecule has 150 valence electrons. The second kappa shape index (κ2) is 11.1. The molecule has 0 saturated carbocycles. The molecule has 0 aliphatic carbocycles. The van der Waals surface area contributed by atoms with Gasteiger partial charge in [0.15, 0.2) is 0 Å². The molecule has 1 unspecified atom stereocenters. The van der Waals surface area contributed by atoms with Crippen LogP contribution in [0.4, 0.5) is 0 Å². The van der Waals surface area contributed by atoms with Crippen molar-refractivity contribution in [3.63, 3.8) is 0 Å². The predicted octanol–water partition coefficient (Wildman–Crippen LogP) is 5.27. The summed E-state index contributed by atoms with van der Waals surface area (Å²) in [4.78, 5) is 22.9. The molecule has 0 aliphatic rings. The third kappa shape index (κ3) is 7.06. The van der Waals surface area contributed by atoms with E-state index in [0.717, 1.165) is 30.0 Å². The van der Waals surface area contributed by atoms with Gasteiger partial charge in [0, 0.05) is 24.1 Å². The van der Waals surface area contributed by atoms with E-state index in [0.29, 0.717) is 18.1 Å². The van der Waals surface area contributed by atoms with Crippen LogP contribution in [-0.4, -0.2) is 17.0 Å². The van der Waals surface area contributed by atoms with Gasteiger partial charge >= 0.3 is 5.97 Å². The van der Waals surface area contributed by atoms with E-state index in [1.165, 1.54) is 25.3 Å². The van der Waals surface area contributed by atoms with Crippen LogP contribution in [0, 0.1) is 5.92 Å². The minimum absolute atomic E-state index is 0.0219. The number of aliphatic carboxylic acids is 1. The molecule has 0 fully saturated rings. The maximum Gasteiger partial charge on any atom is 0.328 e. The highest BCUT2D eigenvalue weighted by molar-refractivity contribution is 5.84. The van der Waals surface area contributed by atoms with Gasteiger partial charge in [-0.1, -0.05) is 57.7 Å². The van der Waals surface area contributed by atoms with Crippen molar-refractivity contribution in [1.29, 1.82) is 0 Å². The van der Waals surface area contributed by atoms with Crippen LogP contribution >= 0.6 is 0 Å². The molecule has 28 heavy (non-hydrogen) atoms. The molecule has 5 heteroatoms. The smallest absolute Gasteiger partial charge is 0.328 e. The van der Waals surface area contributed by atoms with Crippen LogP contribution in [0.1, 0.15) is 57.3 Å². The summed E-state index contributed by atoms with van der Waals surface area (Å²) < 4.78 is 5.67. The second-order valence-electron chi connectivity index (χ2n) is 7.04. The molecular weight excluding hydrogens is 354 g/mol. The Hall–Kier alpha value is -2.82. The van der Waals surface area contributed by atoms with Crippen LogP contribution in [0.2, 0.25) is 0 Å². The predicted molar refractivity (Wildman–Crippen MR) is 111 cm³/mol. The number of carbonyl (C=O) groups is 2. The fraction of sp³-hybridized carbons (Fsp3) is 0.391. The number of furan rings is 1. The minimum atomic E-state index is -1.02. The van der Waals surface area contributed by atoms with Gasteiger partial charge in [-0.25, -0.2) is 4.79 Å². The molecule has 1 atom stereocenters. The van der Waals surface area contributed by atoms with Gasteiger partial charge < -0.3 is 14.8 Å². The first-order chi connectivity index (χ1) is 13.5. The molecule has 1 aromatic carbocycles. The first-order valence-corrected chi connectivity index (χ1v) is 9.87. The van der Waals surface area contributed by atoms with Gasteiger partial charge in [0.05, 0.1) is 0 Å². The highest BCUT2D eigenvalue weighted by atomic mass is 16.4. The lowest BCUT2D eigenvalue weighted by Crippen LogP contribution is -2.28. The van der Waals surface area contributed by atoms with Gasteiger partial charge in [0.25, 0.3) is 0 Å². The standard InChI is InChI=1S/C23H29NO4/c1-3-4-5-6-8-17(2)23(27)24-16-18-9-7-10-19(15-18)21-13-11-20(28-21)12-14-22(25)26/h7,9-15,17H,3-6,8,16H2,1-2H3,(H,24,27)(H,25,26). The van der Waals surface area contributed by atoms with Crippen LogP contribution in [0.15, 0.2) is 46.9 Å². The maximum atomic E-state index is 12.3. The molecule has 0 radical (unpaired) electrons. The number of hydrogen-bond acceptors (Lipinski definition) is 3. The quantitative estimate of drug-likeness (QED) is 0.409. The number of nitrogens with one attached hydrogen (secondary N) is 1. The van der Waals surface area contributed by atoms with E-state index in [1.54, 1.807) is 12.1 Å². The van der Waals surface area contributed by atoms with Crippen LogP contribution in [0.25, 0.3) is 17.4 Å². The third-order valence-corrected chi connectivity index (χ3v) is 4.63.